The van der Waals surface area contributed by atoms with Crippen molar-refractivity contribution in [2.24, 2.45) is 0 Å². The summed E-state index contributed by atoms with van der Waals surface area (Å²) in [7, 11) is 0. The van der Waals surface area contributed by atoms with E-state index in [0.717, 1.165) is 25.7 Å². The van der Waals surface area contributed by atoms with Crippen LogP contribution in [0.4, 0.5) is 11.6 Å². The molecule has 4 N–H and O–H groups in total. The second-order valence-electron chi connectivity index (χ2n) is 4.47. The van der Waals surface area contributed by atoms with Gasteiger partial charge in [-0.1, -0.05) is 19.3 Å². The molecule has 1 heterocycles. The van der Waals surface area contributed by atoms with Crippen LogP contribution in [-0.2, 0) is 0 Å². The van der Waals surface area contributed by atoms with E-state index in [-0.39, 0.29) is 0 Å². The molecule has 1 saturated carbocycles. The number of hydrogen-bond donors (Lipinski definition) is 3. The Morgan fingerprint density at radius 1 is 1.31 bits per heavy atom. The van der Waals surface area contributed by atoms with E-state index >= 15 is 0 Å². The third-order valence-corrected chi connectivity index (χ3v) is 3.07. The maximum Gasteiger partial charge on any atom is 0.131 e. The quantitative estimate of drug-likeness (QED) is 0.715. The number of nitrogens with one attached hydrogen (secondary N) is 1. The molecule has 0 amide bonds. The van der Waals surface area contributed by atoms with Gasteiger partial charge in [-0.3, -0.25) is 0 Å². The van der Waals surface area contributed by atoms with Crippen LogP contribution in [0.2, 0.25) is 0 Å². The van der Waals surface area contributed by atoms with Gasteiger partial charge in [0, 0.05) is 12.6 Å². The second-order valence-corrected chi connectivity index (χ2v) is 4.47. The first-order valence-electron chi connectivity index (χ1n) is 5.72. The number of anilines is 2. The van der Waals surface area contributed by atoms with Crippen LogP contribution in [-0.4, -0.2) is 27.2 Å². The number of nitrogens with zero attached hydrogens (tertiary/aromatic N) is 2. The Labute approximate surface area is 95.1 Å². The van der Waals surface area contributed by atoms with E-state index in [9.17, 15) is 5.11 Å². The molecule has 88 valence electrons. The highest BCUT2D eigenvalue weighted by molar-refractivity contribution is 5.43. The normalized spacial score (nSPS) is 19.3. The Bertz CT molecular complexity index is 350. The highest BCUT2D eigenvalue weighted by Crippen LogP contribution is 2.28. The molecule has 2 rings (SSSR count). The van der Waals surface area contributed by atoms with Crippen LogP contribution in [0.25, 0.3) is 0 Å². The lowest BCUT2D eigenvalue weighted by Gasteiger charge is -2.32. The molecule has 0 saturated heterocycles. The monoisotopic (exact) mass is 222 g/mol. The lowest BCUT2D eigenvalue weighted by atomic mass is 9.85. The van der Waals surface area contributed by atoms with Crippen molar-refractivity contribution in [2.75, 3.05) is 17.6 Å². The Morgan fingerprint density at radius 2 is 2.06 bits per heavy atom. The molecule has 1 aliphatic carbocycles. The topological polar surface area (TPSA) is 84.1 Å². The molecule has 0 radical (unpaired) electrons. The minimum absolute atomic E-state index is 0.438. The Hall–Kier alpha value is -1.36. The third kappa shape index (κ3) is 2.82. The minimum Gasteiger partial charge on any atom is -0.388 e. The van der Waals surface area contributed by atoms with Gasteiger partial charge in [-0.05, 0) is 12.8 Å². The van der Waals surface area contributed by atoms with Crippen LogP contribution < -0.4 is 11.1 Å². The van der Waals surface area contributed by atoms with Crippen molar-refractivity contribution in [3.8, 4) is 0 Å². The molecule has 1 aliphatic rings. The third-order valence-electron chi connectivity index (χ3n) is 3.07. The van der Waals surface area contributed by atoms with Gasteiger partial charge in [0.1, 0.15) is 18.0 Å². The Balaban J connectivity index is 1.91. The predicted octanol–water partition coefficient (Wildman–Crippen LogP) is 1.17. The molecule has 1 fully saturated rings. The highest BCUT2D eigenvalue weighted by Gasteiger charge is 2.28. The van der Waals surface area contributed by atoms with E-state index < -0.39 is 5.60 Å². The van der Waals surface area contributed by atoms with Gasteiger partial charge < -0.3 is 16.2 Å². The number of rotatable bonds is 3. The summed E-state index contributed by atoms with van der Waals surface area (Å²) < 4.78 is 0. The molecular weight excluding hydrogens is 204 g/mol. The standard InChI is InChI=1S/C11H18N4O/c12-9-6-10(15-8-14-9)13-7-11(16)4-2-1-3-5-11/h6,8,16H,1-5,7H2,(H3,12,13,14,15). The maximum atomic E-state index is 10.3. The number of nitrogen functional groups attached to an aromatic ring is 1. The first kappa shape index (κ1) is 11.1. The van der Waals surface area contributed by atoms with Crippen molar-refractivity contribution < 1.29 is 5.11 Å². The summed E-state index contributed by atoms with van der Waals surface area (Å²) in [4.78, 5) is 7.86. The van der Waals surface area contributed by atoms with Crippen molar-refractivity contribution in [3.63, 3.8) is 0 Å². The smallest absolute Gasteiger partial charge is 0.131 e. The summed E-state index contributed by atoms with van der Waals surface area (Å²) >= 11 is 0. The molecule has 0 aliphatic heterocycles. The molecule has 5 heteroatoms. The molecule has 5 nitrogen and oxygen atoms in total. The minimum atomic E-state index is -0.585. The van der Waals surface area contributed by atoms with Crippen LogP contribution in [0.1, 0.15) is 32.1 Å². The fourth-order valence-electron chi connectivity index (χ4n) is 2.11. The van der Waals surface area contributed by atoms with E-state index in [1.54, 1.807) is 6.07 Å². The fourth-order valence-corrected chi connectivity index (χ4v) is 2.11. The van der Waals surface area contributed by atoms with E-state index in [1.165, 1.54) is 12.7 Å². The van der Waals surface area contributed by atoms with Crippen molar-refractivity contribution in [3.05, 3.63) is 12.4 Å². The average Bonchev–Trinajstić information content (AvgIpc) is 2.28. The van der Waals surface area contributed by atoms with Crippen LogP contribution in [0.3, 0.4) is 0 Å². The van der Waals surface area contributed by atoms with E-state index in [1.807, 2.05) is 0 Å². The van der Waals surface area contributed by atoms with Gasteiger partial charge in [-0.25, -0.2) is 9.97 Å². The molecular formula is C11H18N4O. The number of hydrogen-bond acceptors (Lipinski definition) is 5. The van der Waals surface area contributed by atoms with Crippen molar-refractivity contribution in [1.29, 1.82) is 0 Å². The summed E-state index contributed by atoms with van der Waals surface area (Å²) in [6.45, 7) is 0.531. The zero-order valence-electron chi connectivity index (χ0n) is 9.32. The number of nitrogens with two attached hydrogens (primary N) is 1. The van der Waals surface area contributed by atoms with Gasteiger partial charge in [-0.2, -0.15) is 0 Å². The van der Waals surface area contributed by atoms with Gasteiger partial charge in [0.05, 0.1) is 5.60 Å². The molecule has 16 heavy (non-hydrogen) atoms. The lowest BCUT2D eigenvalue weighted by molar-refractivity contribution is 0.0166. The van der Waals surface area contributed by atoms with Crippen LogP contribution in [0.5, 0.6) is 0 Å². The van der Waals surface area contributed by atoms with E-state index in [2.05, 4.69) is 15.3 Å². The van der Waals surface area contributed by atoms with Gasteiger partial charge in [0.2, 0.25) is 0 Å². The lowest BCUT2D eigenvalue weighted by Crippen LogP contribution is -2.38. The van der Waals surface area contributed by atoms with Gasteiger partial charge in [0.25, 0.3) is 0 Å². The molecule has 0 spiro atoms. The molecule has 0 atom stereocenters. The largest absolute Gasteiger partial charge is 0.388 e. The zero-order chi connectivity index (χ0) is 11.4. The van der Waals surface area contributed by atoms with Crippen molar-refractivity contribution >= 4 is 11.6 Å². The zero-order valence-corrected chi connectivity index (χ0v) is 9.32. The summed E-state index contributed by atoms with van der Waals surface area (Å²) in [6.07, 6.45) is 6.57. The van der Waals surface area contributed by atoms with Gasteiger partial charge in [0.15, 0.2) is 0 Å². The average molecular weight is 222 g/mol. The van der Waals surface area contributed by atoms with Gasteiger partial charge in [-0.15, -0.1) is 0 Å². The van der Waals surface area contributed by atoms with Crippen LogP contribution in [0.15, 0.2) is 12.4 Å². The summed E-state index contributed by atoms with van der Waals surface area (Å²) in [5.41, 5.74) is 4.96. The maximum absolute atomic E-state index is 10.3. The Morgan fingerprint density at radius 3 is 2.75 bits per heavy atom. The first-order valence-corrected chi connectivity index (χ1v) is 5.72. The summed E-state index contributed by atoms with van der Waals surface area (Å²) in [5, 5.41) is 13.4. The predicted molar refractivity (Wildman–Crippen MR) is 63.0 cm³/mol. The molecule has 0 aromatic carbocycles. The van der Waals surface area contributed by atoms with E-state index in [4.69, 9.17) is 5.73 Å². The SMILES string of the molecule is Nc1cc(NCC2(O)CCCCC2)ncn1. The van der Waals surface area contributed by atoms with Gasteiger partial charge >= 0.3 is 0 Å². The summed E-state index contributed by atoms with van der Waals surface area (Å²) in [6, 6.07) is 1.67. The molecule has 1 aromatic rings. The van der Waals surface area contributed by atoms with Crippen LogP contribution >= 0.6 is 0 Å². The summed E-state index contributed by atoms with van der Waals surface area (Å²) in [5.74, 6) is 1.11. The fraction of sp³-hybridized carbons (Fsp3) is 0.636. The number of aliphatic hydroxyl groups is 1. The Kier molecular flexibility index (Phi) is 3.24. The van der Waals surface area contributed by atoms with Crippen molar-refractivity contribution in [1.82, 2.24) is 9.97 Å². The van der Waals surface area contributed by atoms with Crippen molar-refractivity contribution in [2.45, 2.75) is 37.7 Å². The number of aromatic nitrogens is 2. The molecule has 0 unspecified atom stereocenters. The second kappa shape index (κ2) is 4.65. The first-order chi connectivity index (χ1) is 7.68. The molecule has 0 bridgehead atoms. The molecule has 1 aromatic heterocycles. The van der Waals surface area contributed by atoms with Crippen LogP contribution in [0, 0.1) is 0 Å². The highest BCUT2D eigenvalue weighted by atomic mass is 16.3. The van der Waals surface area contributed by atoms with E-state index in [0.29, 0.717) is 18.2 Å².